The number of hydrogen-bond donors (Lipinski definition) is 2. The zero-order valence-corrected chi connectivity index (χ0v) is 12.5. The minimum absolute atomic E-state index is 0.110. The third-order valence-electron chi connectivity index (χ3n) is 3.21. The zero-order chi connectivity index (χ0) is 14.1. The highest BCUT2D eigenvalue weighted by Crippen LogP contribution is 2.25. The van der Waals surface area contributed by atoms with Crippen molar-refractivity contribution in [3.8, 4) is 0 Å². The number of carbonyl (C=O) groups excluding carboxylic acids is 1. The third-order valence-corrected chi connectivity index (χ3v) is 3.90. The molecule has 2 aromatic carbocycles. The van der Waals surface area contributed by atoms with Crippen molar-refractivity contribution in [3.63, 3.8) is 0 Å². The van der Waals surface area contributed by atoms with Gasteiger partial charge >= 0.3 is 0 Å². The first kappa shape index (κ1) is 12.9. The summed E-state index contributed by atoms with van der Waals surface area (Å²) in [4.78, 5) is 15.6. The van der Waals surface area contributed by atoms with Crippen LogP contribution in [0, 0.1) is 6.92 Å². The number of aromatic amines is 1. The smallest absolute Gasteiger partial charge is 0.256 e. The molecule has 0 saturated carbocycles. The fourth-order valence-corrected chi connectivity index (χ4v) is 2.55. The number of H-pyrrole nitrogens is 1. The van der Waals surface area contributed by atoms with Crippen molar-refractivity contribution in [1.29, 1.82) is 0 Å². The van der Waals surface area contributed by atoms with E-state index in [1.807, 2.05) is 55.6 Å². The molecule has 1 amide bonds. The maximum atomic E-state index is 12.4. The first-order chi connectivity index (χ1) is 9.65. The summed E-state index contributed by atoms with van der Waals surface area (Å²) < 4.78 is 0.873. The zero-order valence-electron chi connectivity index (χ0n) is 10.9. The highest BCUT2D eigenvalue weighted by Gasteiger charge is 2.12. The van der Waals surface area contributed by atoms with Crippen LogP contribution in [-0.2, 0) is 0 Å². The molecule has 0 radical (unpaired) electrons. The van der Waals surface area contributed by atoms with Gasteiger partial charge in [0.05, 0.1) is 5.69 Å². The molecule has 0 saturated heterocycles. The molecule has 0 aliphatic carbocycles. The van der Waals surface area contributed by atoms with Crippen molar-refractivity contribution in [2.24, 2.45) is 0 Å². The molecule has 0 unspecified atom stereocenters. The summed E-state index contributed by atoms with van der Waals surface area (Å²) in [6, 6.07) is 13.4. The third kappa shape index (κ3) is 2.34. The highest BCUT2D eigenvalue weighted by molar-refractivity contribution is 9.10. The fraction of sp³-hybridized carbons (Fsp3) is 0.0625. The first-order valence-electron chi connectivity index (χ1n) is 6.29. The molecule has 3 aromatic rings. The van der Waals surface area contributed by atoms with Crippen molar-refractivity contribution in [2.75, 3.05) is 5.32 Å². The Labute approximate surface area is 125 Å². The number of carbonyl (C=O) groups is 1. The SMILES string of the molecule is Cc1ccc(Br)c(NC(=O)c2cccc3[nH]ccc23)c1. The second-order valence-electron chi connectivity index (χ2n) is 4.68. The van der Waals surface area contributed by atoms with Crippen LogP contribution >= 0.6 is 15.9 Å². The Morgan fingerprint density at radius 2 is 2.05 bits per heavy atom. The lowest BCUT2D eigenvalue weighted by atomic mass is 10.1. The van der Waals surface area contributed by atoms with E-state index in [4.69, 9.17) is 0 Å². The quantitative estimate of drug-likeness (QED) is 0.715. The average Bonchev–Trinajstić information content (AvgIpc) is 2.91. The van der Waals surface area contributed by atoms with Crippen LogP contribution in [-0.4, -0.2) is 10.9 Å². The first-order valence-corrected chi connectivity index (χ1v) is 7.08. The Hall–Kier alpha value is -2.07. The van der Waals surface area contributed by atoms with Crippen LogP contribution < -0.4 is 5.32 Å². The lowest BCUT2D eigenvalue weighted by molar-refractivity contribution is 0.102. The normalized spacial score (nSPS) is 10.7. The summed E-state index contributed by atoms with van der Waals surface area (Å²) >= 11 is 3.45. The van der Waals surface area contributed by atoms with Gasteiger partial charge in [0.1, 0.15) is 0 Å². The lowest BCUT2D eigenvalue weighted by Gasteiger charge is -2.09. The fourth-order valence-electron chi connectivity index (χ4n) is 2.21. The molecule has 1 aromatic heterocycles. The Kier molecular flexibility index (Phi) is 3.32. The molecule has 100 valence electrons. The lowest BCUT2D eigenvalue weighted by Crippen LogP contribution is -2.12. The summed E-state index contributed by atoms with van der Waals surface area (Å²) in [7, 11) is 0. The van der Waals surface area contributed by atoms with Gasteiger partial charge in [-0.3, -0.25) is 4.79 Å². The monoisotopic (exact) mass is 328 g/mol. The predicted molar refractivity (Wildman–Crippen MR) is 85.1 cm³/mol. The summed E-state index contributed by atoms with van der Waals surface area (Å²) in [5.41, 5.74) is 3.50. The summed E-state index contributed by atoms with van der Waals surface area (Å²) in [6.45, 7) is 2.00. The number of halogens is 1. The second kappa shape index (κ2) is 5.13. The van der Waals surface area contributed by atoms with Gasteiger partial charge in [-0.05, 0) is 58.7 Å². The molecule has 0 aliphatic rings. The van der Waals surface area contributed by atoms with Crippen LogP contribution in [0.2, 0.25) is 0 Å². The molecule has 0 atom stereocenters. The molecule has 0 spiro atoms. The van der Waals surface area contributed by atoms with E-state index in [-0.39, 0.29) is 5.91 Å². The van der Waals surface area contributed by atoms with Crippen LogP contribution in [0.25, 0.3) is 10.9 Å². The molecule has 0 fully saturated rings. The van der Waals surface area contributed by atoms with E-state index in [9.17, 15) is 4.79 Å². The van der Waals surface area contributed by atoms with Gasteiger partial charge in [-0.2, -0.15) is 0 Å². The van der Waals surface area contributed by atoms with Gasteiger partial charge in [0.2, 0.25) is 0 Å². The molecule has 0 bridgehead atoms. The number of aromatic nitrogens is 1. The highest BCUT2D eigenvalue weighted by atomic mass is 79.9. The maximum Gasteiger partial charge on any atom is 0.256 e. The minimum Gasteiger partial charge on any atom is -0.361 e. The second-order valence-corrected chi connectivity index (χ2v) is 5.54. The van der Waals surface area contributed by atoms with Gasteiger partial charge in [-0.1, -0.05) is 12.1 Å². The molecular formula is C16H13BrN2O. The Balaban J connectivity index is 1.97. The number of amides is 1. The Morgan fingerprint density at radius 3 is 2.90 bits per heavy atom. The van der Waals surface area contributed by atoms with Gasteiger partial charge in [-0.25, -0.2) is 0 Å². The Bertz CT molecular complexity index is 792. The molecular weight excluding hydrogens is 316 g/mol. The number of nitrogens with one attached hydrogen (secondary N) is 2. The Morgan fingerprint density at radius 1 is 1.20 bits per heavy atom. The van der Waals surface area contributed by atoms with Gasteiger partial charge in [0.15, 0.2) is 0 Å². The van der Waals surface area contributed by atoms with E-state index < -0.39 is 0 Å². The van der Waals surface area contributed by atoms with Crippen LogP contribution in [0.3, 0.4) is 0 Å². The maximum absolute atomic E-state index is 12.4. The van der Waals surface area contributed by atoms with Crippen LogP contribution in [0.15, 0.2) is 53.1 Å². The molecule has 1 heterocycles. The molecule has 2 N–H and O–H groups in total. The standard InChI is InChI=1S/C16H13BrN2O/c1-10-5-6-13(17)15(9-10)19-16(20)12-3-2-4-14-11(12)7-8-18-14/h2-9,18H,1H3,(H,19,20). The largest absolute Gasteiger partial charge is 0.361 e. The number of fused-ring (bicyclic) bond motifs is 1. The van der Waals surface area contributed by atoms with Crippen molar-refractivity contribution in [2.45, 2.75) is 6.92 Å². The van der Waals surface area contributed by atoms with Gasteiger partial charge < -0.3 is 10.3 Å². The van der Waals surface area contributed by atoms with Crippen molar-refractivity contribution >= 4 is 38.4 Å². The molecule has 20 heavy (non-hydrogen) atoms. The van der Waals surface area contributed by atoms with Crippen LogP contribution in [0.5, 0.6) is 0 Å². The average molecular weight is 329 g/mol. The number of hydrogen-bond acceptors (Lipinski definition) is 1. The van der Waals surface area contributed by atoms with Crippen molar-refractivity contribution < 1.29 is 4.79 Å². The molecule has 3 nitrogen and oxygen atoms in total. The van der Waals surface area contributed by atoms with E-state index in [0.717, 1.165) is 26.6 Å². The number of benzene rings is 2. The summed E-state index contributed by atoms with van der Waals surface area (Å²) in [5.74, 6) is -0.110. The van der Waals surface area contributed by atoms with E-state index in [1.54, 1.807) is 0 Å². The van der Waals surface area contributed by atoms with Crippen LogP contribution in [0.4, 0.5) is 5.69 Å². The topological polar surface area (TPSA) is 44.9 Å². The minimum atomic E-state index is -0.110. The number of rotatable bonds is 2. The van der Waals surface area contributed by atoms with E-state index in [0.29, 0.717) is 5.56 Å². The van der Waals surface area contributed by atoms with Crippen molar-refractivity contribution in [1.82, 2.24) is 4.98 Å². The van der Waals surface area contributed by atoms with Crippen LogP contribution in [0.1, 0.15) is 15.9 Å². The van der Waals surface area contributed by atoms with Gasteiger partial charge in [-0.15, -0.1) is 0 Å². The summed E-state index contributed by atoms with van der Waals surface area (Å²) in [5, 5.41) is 3.87. The van der Waals surface area contributed by atoms with E-state index >= 15 is 0 Å². The molecule has 0 aliphatic heterocycles. The summed E-state index contributed by atoms with van der Waals surface area (Å²) in [6.07, 6.45) is 1.84. The number of aryl methyl sites for hydroxylation is 1. The van der Waals surface area contributed by atoms with Crippen molar-refractivity contribution in [3.05, 3.63) is 64.3 Å². The molecule has 4 heteroatoms. The van der Waals surface area contributed by atoms with E-state index in [1.165, 1.54) is 0 Å². The van der Waals surface area contributed by atoms with Gasteiger partial charge in [0.25, 0.3) is 5.91 Å². The van der Waals surface area contributed by atoms with Gasteiger partial charge in [0, 0.05) is 27.1 Å². The number of anilines is 1. The molecule has 3 rings (SSSR count). The predicted octanol–water partition coefficient (Wildman–Crippen LogP) is 4.49. The van der Waals surface area contributed by atoms with E-state index in [2.05, 4.69) is 26.2 Å².